The lowest BCUT2D eigenvalue weighted by Crippen LogP contribution is -2.06. The van der Waals surface area contributed by atoms with Crippen LogP contribution in [0.4, 0.5) is 0 Å². The number of cyclic esters (lactones) is 1. The molecule has 0 radical (unpaired) electrons. The number of aliphatic imine (C=N–C) groups is 1. The number of halogens is 1. The quantitative estimate of drug-likeness (QED) is 0.198. The zero-order valence-electron chi connectivity index (χ0n) is 18.7. The summed E-state index contributed by atoms with van der Waals surface area (Å²) in [6.45, 7) is 6.89. The number of nitrogens with zero attached hydrogens (tertiary/aromatic N) is 1. The van der Waals surface area contributed by atoms with E-state index in [1.54, 1.807) is 6.08 Å². The minimum Gasteiger partial charge on any atom is -0.490 e. The van der Waals surface area contributed by atoms with Crippen LogP contribution >= 0.6 is 22.6 Å². The second-order valence-corrected chi connectivity index (χ2v) is 8.79. The highest BCUT2D eigenvalue weighted by Crippen LogP contribution is 2.36. The molecule has 4 rings (SSSR count). The predicted molar refractivity (Wildman–Crippen MR) is 138 cm³/mol. The van der Waals surface area contributed by atoms with E-state index in [0.29, 0.717) is 30.6 Å². The molecule has 5 nitrogen and oxygen atoms in total. The number of esters is 1. The van der Waals surface area contributed by atoms with Gasteiger partial charge < -0.3 is 14.2 Å². The summed E-state index contributed by atoms with van der Waals surface area (Å²) in [6.07, 6.45) is 1.71. The van der Waals surface area contributed by atoms with Crippen molar-refractivity contribution in [1.82, 2.24) is 0 Å². The van der Waals surface area contributed by atoms with E-state index in [1.165, 1.54) is 5.56 Å². The van der Waals surface area contributed by atoms with Gasteiger partial charge in [0.05, 0.1) is 10.2 Å². The van der Waals surface area contributed by atoms with Crippen molar-refractivity contribution in [3.05, 3.63) is 97.7 Å². The van der Waals surface area contributed by atoms with Crippen molar-refractivity contribution < 1.29 is 19.0 Å². The number of carbonyl (C=O) groups is 1. The second kappa shape index (κ2) is 10.2. The fraction of sp³-hybridized carbons (Fsp3) is 0.185. The third-order valence-corrected chi connectivity index (χ3v) is 6.07. The molecule has 1 aliphatic heterocycles. The van der Waals surface area contributed by atoms with E-state index in [2.05, 4.69) is 46.6 Å². The molecular weight excluding hydrogens is 529 g/mol. The maximum Gasteiger partial charge on any atom is 0.363 e. The maximum absolute atomic E-state index is 12.5. The first kappa shape index (κ1) is 23.0. The van der Waals surface area contributed by atoms with E-state index >= 15 is 0 Å². The van der Waals surface area contributed by atoms with Crippen molar-refractivity contribution in [2.24, 2.45) is 4.99 Å². The Balaban J connectivity index is 1.63. The average Bonchev–Trinajstić information content (AvgIpc) is 3.14. The SMILES string of the molecule is CCOc1cc(/C=C2\N=C(c3ccccc3C)OC2=O)cc(I)c1OCc1ccccc1C. The van der Waals surface area contributed by atoms with Crippen molar-refractivity contribution in [1.29, 1.82) is 0 Å². The fourth-order valence-corrected chi connectivity index (χ4v) is 4.27. The summed E-state index contributed by atoms with van der Waals surface area (Å²) >= 11 is 2.23. The molecule has 3 aromatic carbocycles. The first-order valence-corrected chi connectivity index (χ1v) is 11.8. The van der Waals surface area contributed by atoms with Crippen molar-refractivity contribution in [2.75, 3.05) is 6.61 Å². The topological polar surface area (TPSA) is 57.1 Å². The molecule has 0 unspecified atom stereocenters. The van der Waals surface area contributed by atoms with E-state index in [-0.39, 0.29) is 5.70 Å². The number of hydrogen-bond acceptors (Lipinski definition) is 5. The van der Waals surface area contributed by atoms with Crippen molar-refractivity contribution >= 4 is 40.5 Å². The van der Waals surface area contributed by atoms with Gasteiger partial charge in [-0.05, 0) is 89.9 Å². The molecule has 168 valence electrons. The van der Waals surface area contributed by atoms with Crippen LogP contribution in [0, 0.1) is 17.4 Å². The van der Waals surface area contributed by atoms with Crippen LogP contribution in [0.2, 0.25) is 0 Å². The number of benzene rings is 3. The Morgan fingerprint density at radius 1 is 1.00 bits per heavy atom. The molecule has 0 atom stereocenters. The summed E-state index contributed by atoms with van der Waals surface area (Å²) in [4.78, 5) is 16.9. The van der Waals surface area contributed by atoms with Crippen LogP contribution in [-0.4, -0.2) is 18.5 Å². The molecule has 0 N–H and O–H groups in total. The lowest BCUT2D eigenvalue weighted by atomic mass is 10.1. The predicted octanol–water partition coefficient (Wildman–Crippen LogP) is 6.23. The minimum atomic E-state index is -0.471. The van der Waals surface area contributed by atoms with Gasteiger partial charge in [-0.1, -0.05) is 42.5 Å². The number of carbonyl (C=O) groups excluding carboxylic acids is 1. The smallest absolute Gasteiger partial charge is 0.363 e. The van der Waals surface area contributed by atoms with E-state index in [9.17, 15) is 4.79 Å². The molecule has 6 heteroatoms. The lowest BCUT2D eigenvalue weighted by Gasteiger charge is -2.15. The van der Waals surface area contributed by atoms with Crippen molar-refractivity contribution in [3.8, 4) is 11.5 Å². The monoisotopic (exact) mass is 553 g/mol. The standard InChI is InChI=1S/C27H24INO4/c1-4-31-24-15-19(13-22(28)25(24)32-16-20-11-7-5-9-17(20)2)14-23-27(30)33-26(29-23)21-12-8-6-10-18(21)3/h5-15H,4,16H2,1-3H3/b23-14-. The molecule has 1 aliphatic rings. The van der Waals surface area contributed by atoms with Gasteiger partial charge in [-0.15, -0.1) is 0 Å². The van der Waals surface area contributed by atoms with Crippen LogP contribution in [0.3, 0.4) is 0 Å². The highest BCUT2D eigenvalue weighted by atomic mass is 127. The molecule has 0 aliphatic carbocycles. The van der Waals surface area contributed by atoms with E-state index in [1.807, 2.05) is 62.4 Å². The Morgan fingerprint density at radius 3 is 2.45 bits per heavy atom. The zero-order valence-corrected chi connectivity index (χ0v) is 20.9. The van der Waals surface area contributed by atoms with Gasteiger partial charge >= 0.3 is 5.97 Å². The molecule has 0 saturated carbocycles. The molecule has 0 aromatic heterocycles. The van der Waals surface area contributed by atoms with Gasteiger partial charge in [0.15, 0.2) is 17.2 Å². The van der Waals surface area contributed by atoms with Gasteiger partial charge in [0.1, 0.15) is 6.61 Å². The molecule has 1 heterocycles. The Bertz CT molecular complexity index is 1260. The summed E-state index contributed by atoms with van der Waals surface area (Å²) in [7, 11) is 0. The van der Waals surface area contributed by atoms with Gasteiger partial charge in [-0.25, -0.2) is 9.79 Å². The van der Waals surface area contributed by atoms with Crippen LogP contribution in [0.15, 0.2) is 71.4 Å². The molecule has 3 aromatic rings. The summed E-state index contributed by atoms with van der Waals surface area (Å²) in [5.74, 6) is 1.16. The Labute approximate surface area is 207 Å². The Hall–Kier alpha value is -3.13. The summed E-state index contributed by atoms with van der Waals surface area (Å²) in [5.41, 5.74) is 5.13. The maximum atomic E-state index is 12.5. The first-order valence-electron chi connectivity index (χ1n) is 10.7. The summed E-state index contributed by atoms with van der Waals surface area (Å²) in [6, 6.07) is 19.6. The molecule has 33 heavy (non-hydrogen) atoms. The third-order valence-electron chi connectivity index (χ3n) is 5.26. The van der Waals surface area contributed by atoms with Crippen LogP contribution in [0.25, 0.3) is 6.08 Å². The fourth-order valence-electron chi connectivity index (χ4n) is 3.49. The first-order chi connectivity index (χ1) is 16.0. The van der Waals surface area contributed by atoms with Gasteiger partial charge in [-0.2, -0.15) is 0 Å². The third kappa shape index (κ3) is 5.27. The largest absolute Gasteiger partial charge is 0.490 e. The van der Waals surface area contributed by atoms with Gasteiger partial charge in [0.2, 0.25) is 5.90 Å². The van der Waals surface area contributed by atoms with Gasteiger partial charge in [-0.3, -0.25) is 0 Å². The van der Waals surface area contributed by atoms with Crippen LogP contribution in [0.1, 0.15) is 34.7 Å². The van der Waals surface area contributed by atoms with Crippen molar-refractivity contribution in [3.63, 3.8) is 0 Å². The van der Waals surface area contributed by atoms with E-state index in [4.69, 9.17) is 14.2 Å². The number of rotatable bonds is 7. The van der Waals surface area contributed by atoms with Crippen molar-refractivity contribution in [2.45, 2.75) is 27.4 Å². The van der Waals surface area contributed by atoms with E-state index in [0.717, 1.165) is 25.8 Å². The molecule has 0 amide bonds. The molecule has 0 fully saturated rings. The highest BCUT2D eigenvalue weighted by molar-refractivity contribution is 14.1. The molecule has 0 bridgehead atoms. The van der Waals surface area contributed by atoms with Gasteiger partial charge in [0, 0.05) is 5.56 Å². The summed E-state index contributed by atoms with van der Waals surface area (Å²) < 4.78 is 18.3. The van der Waals surface area contributed by atoms with Gasteiger partial charge in [0.25, 0.3) is 0 Å². The lowest BCUT2D eigenvalue weighted by molar-refractivity contribution is -0.129. The van der Waals surface area contributed by atoms with Crippen LogP contribution in [0.5, 0.6) is 11.5 Å². The number of hydrogen-bond donors (Lipinski definition) is 0. The Morgan fingerprint density at radius 2 is 1.73 bits per heavy atom. The van der Waals surface area contributed by atoms with E-state index < -0.39 is 5.97 Å². The molecule has 0 spiro atoms. The second-order valence-electron chi connectivity index (χ2n) is 7.63. The molecular formula is C27H24INO4. The number of aryl methyl sites for hydroxylation is 2. The minimum absolute atomic E-state index is 0.250. The summed E-state index contributed by atoms with van der Waals surface area (Å²) in [5, 5.41) is 0. The van der Waals surface area contributed by atoms with Crippen LogP contribution in [-0.2, 0) is 16.1 Å². The molecule has 0 saturated heterocycles. The highest BCUT2D eigenvalue weighted by Gasteiger charge is 2.25. The number of ether oxygens (including phenoxy) is 3. The Kier molecular flexibility index (Phi) is 7.13. The zero-order chi connectivity index (χ0) is 23.4. The average molecular weight is 553 g/mol. The normalized spacial score (nSPS) is 14.2. The van der Waals surface area contributed by atoms with Crippen LogP contribution < -0.4 is 9.47 Å².